The SMILES string of the molecule is CCCCCCCCCCCC[CH2][Zn+].CCCCCCCCCCCC[CH2][Zn+].CCCCCCCCCCCC[CH2][Zn+].[O-]P([O-])(=S)[S-]. The van der Waals surface area contributed by atoms with E-state index in [1.54, 1.807) is 0 Å². The van der Waals surface area contributed by atoms with Crippen molar-refractivity contribution in [3.8, 4) is 0 Å². The molecule has 0 heterocycles. The molecule has 0 atom stereocenters. The standard InChI is InChI=1S/3C13H27.H3O2PS2.3Zn/c3*1-3-5-7-9-11-13-12-10-8-6-4-2;1-3(2,4)5;;;/h3*1,3-13H2,2H3;(H3,1,2,4,5);;;/q;;;;3*+1/p-3. The van der Waals surface area contributed by atoms with Gasteiger partial charge < -0.3 is 27.7 Å². The summed E-state index contributed by atoms with van der Waals surface area (Å²) in [5.41, 5.74) is -3.72. The Bertz CT molecular complexity index is 441. The van der Waals surface area contributed by atoms with Crippen molar-refractivity contribution in [1.29, 1.82) is 0 Å². The maximum absolute atomic E-state index is 9.29. The summed E-state index contributed by atoms with van der Waals surface area (Å²) in [5.74, 6) is 0. The molecule has 0 amide bonds. The van der Waals surface area contributed by atoms with E-state index in [9.17, 15) is 9.79 Å². The first kappa shape index (κ1) is 56.5. The molecule has 0 unspecified atom stereocenters. The van der Waals surface area contributed by atoms with Gasteiger partial charge in [-0.25, -0.2) is 0 Å². The molecule has 0 saturated carbocycles. The van der Waals surface area contributed by atoms with Gasteiger partial charge in [0.05, 0.1) is 0 Å². The molecule has 0 saturated heterocycles. The van der Waals surface area contributed by atoms with E-state index < -0.39 is 5.69 Å². The van der Waals surface area contributed by atoms with Gasteiger partial charge in [-0.3, -0.25) is 0 Å². The Labute approximate surface area is 339 Å². The van der Waals surface area contributed by atoms with E-state index in [1.165, 1.54) is 282 Å². The van der Waals surface area contributed by atoms with E-state index in [0.29, 0.717) is 0 Å². The second kappa shape index (κ2) is 55.5. The second-order valence-electron chi connectivity index (χ2n) is 13.6. The Morgan fingerprint density at radius 1 is 0.340 bits per heavy atom. The van der Waals surface area contributed by atoms with Crippen molar-refractivity contribution in [2.75, 3.05) is 0 Å². The number of rotatable bonds is 33. The predicted octanol–water partition coefficient (Wildman–Crippen LogP) is 14.3. The molecule has 0 aliphatic heterocycles. The zero-order valence-electron chi connectivity index (χ0n) is 32.7. The van der Waals surface area contributed by atoms with Crippen molar-refractivity contribution in [1.82, 2.24) is 0 Å². The summed E-state index contributed by atoms with van der Waals surface area (Å²) in [6, 6.07) is 0. The van der Waals surface area contributed by atoms with Crippen LogP contribution in [0.2, 0.25) is 15.0 Å². The van der Waals surface area contributed by atoms with Gasteiger partial charge in [-0.05, 0) is 0 Å². The van der Waals surface area contributed by atoms with Crippen LogP contribution in [-0.4, -0.2) is 0 Å². The van der Waals surface area contributed by atoms with Crippen molar-refractivity contribution in [2.24, 2.45) is 0 Å². The Kier molecular flexibility index (Phi) is 66.8. The molecule has 272 valence electrons. The van der Waals surface area contributed by atoms with Crippen molar-refractivity contribution < 1.29 is 64.7 Å². The summed E-state index contributed by atoms with van der Waals surface area (Å²) in [6.45, 7) is 6.86. The Balaban J connectivity index is -0.000000275. The fourth-order valence-corrected chi connectivity index (χ4v) is 7.75. The molecule has 0 aromatic carbocycles. The van der Waals surface area contributed by atoms with E-state index in [1.807, 2.05) is 0 Å². The van der Waals surface area contributed by atoms with Crippen molar-refractivity contribution in [3.05, 3.63) is 0 Å². The Hall–Kier alpha value is 2.79. The van der Waals surface area contributed by atoms with Gasteiger partial charge >= 0.3 is 282 Å². The summed E-state index contributed by atoms with van der Waals surface area (Å²) >= 11 is 11.8. The maximum atomic E-state index is 9.29. The van der Waals surface area contributed by atoms with Crippen LogP contribution < -0.4 is 9.79 Å². The van der Waals surface area contributed by atoms with Crippen molar-refractivity contribution in [3.63, 3.8) is 0 Å². The van der Waals surface area contributed by atoms with Crippen LogP contribution >= 0.6 is 5.69 Å². The first-order chi connectivity index (χ1) is 22.7. The first-order valence-electron chi connectivity index (χ1n) is 20.9. The summed E-state index contributed by atoms with van der Waals surface area (Å²) in [5, 5.41) is 4.49. The molecule has 0 radical (unpaired) electrons. The molecule has 0 bridgehead atoms. The zero-order chi connectivity index (χ0) is 36.0. The van der Waals surface area contributed by atoms with E-state index in [4.69, 9.17) is 0 Å². The molecular formula is C39H81O2PS2Zn3. The molecule has 47 heavy (non-hydrogen) atoms. The van der Waals surface area contributed by atoms with Gasteiger partial charge in [-0.15, -0.1) is 0 Å². The average Bonchev–Trinajstić information content (AvgIpc) is 3.04. The van der Waals surface area contributed by atoms with Crippen LogP contribution in [0.1, 0.15) is 233 Å². The minimum atomic E-state index is -3.72. The van der Waals surface area contributed by atoms with E-state index in [0.717, 1.165) is 0 Å². The minimum absolute atomic E-state index is 1.38. The zero-order valence-corrected chi connectivity index (χ0v) is 44.1. The smallest absolute Gasteiger partial charge is 0.160 e. The fourth-order valence-electron chi connectivity index (χ4n) is 5.52. The van der Waals surface area contributed by atoms with Gasteiger partial charge in [-0.1, -0.05) is 20.8 Å². The van der Waals surface area contributed by atoms with Crippen LogP contribution in [0.15, 0.2) is 0 Å². The minimum Gasteiger partial charge on any atom is -0.850 e. The van der Waals surface area contributed by atoms with Gasteiger partial charge in [0.2, 0.25) is 0 Å². The second-order valence-corrected chi connectivity index (χ2v) is 22.5. The van der Waals surface area contributed by atoms with Crippen LogP contribution in [0.4, 0.5) is 0 Å². The quantitative estimate of drug-likeness (QED) is 0.0285. The molecule has 0 N–H and O–H groups in total. The molecule has 0 aromatic rings. The molecule has 0 rings (SSSR count). The van der Waals surface area contributed by atoms with Gasteiger partial charge in [0.1, 0.15) is 0 Å². The van der Waals surface area contributed by atoms with Crippen molar-refractivity contribution in [2.45, 2.75) is 248 Å². The van der Waals surface area contributed by atoms with E-state index in [2.05, 4.69) is 44.8 Å². The topological polar surface area (TPSA) is 46.1 Å². The average molecular weight is 873 g/mol. The number of unbranched alkanes of at least 4 members (excludes halogenated alkanes) is 30. The monoisotopic (exact) mass is 868 g/mol. The largest absolute Gasteiger partial charge is 0.850 e. The predicted molar refractivity (Wildman–Crippen MR) is 205 cm³/mol. The van der Waals surface area contributed by atoms with E-state index >= 15 is 0 Å². The van der Waals surface area contributed by atoms with Gasteiger partial charge in [-0.2, -0.15) is 11.8 Å². The van der Waals surface area contributed by atoms with Gasteiger partial charge in [0, 0.05) is 0 Å². The molecule has 8 heteroatoms. The van der Waals surface area contributed by atoms with Gasteiger partial charge in [0.15, 0.2) is 0 Å². The normalized spacial score (nSPS) is 10.9. The van der Waals surface area contributed by atoms with Crippen LogP contribution in [0.25, 0.3) is 0 Å². The third kappa shape index (κ3) is 83.4. The fraction of sp³-hybridized carbons (Fsp3) is 1.00. The number of hydrogen-bond acceptors (Lipinski definition) is 4. The van der Waals surface area contributed by atoms with Crippen LogP contribution in [0.5, 0.6) is 0 Å². The van der Waals surface area contributed by atoms with Crippen LogP contribution in [0.3, 0.4) is 0 Å². The summed E-state index contributed by atoms with van der Waals surface area (Å²) in [4.78, 5) is 18.6. The van der Waals surface area contributed by atoms with E-state index in [-0.39, 0.29) is 0 Å². The van der Waals surface area contributed by atoms with Crippen LogP contribution in [-0.2, 0) is 79.0 Å². The van der Waals surface area contributed by atoms with Gasteiger partial charge in [0.25, 0.3) is 0 Å². The molecule has 0 aliphatic rings. The molecular weight excluding hydrogens is 792 g/mol. The van der Waals surface area contributed by atoms with Crippen LogP contribution in [0, 0.1) is 0 Å². The van der Waals surface area contributed by atoms with Crippen molar-refractivity contribution >= 4 is 29.7 Å². The molecule has 2 nitrogen and oxygen atoms in total. The summed E-state index contributed by atoms with van der Waals surface area (Å²) < 4.78 is 0. The Morgan fingerprint density at radius 2 is 0.447 bits per heavy atom. The number of hydrogen-bond donors (Lipinski definition) is 0. The third-order valence-electron chi connectivity index (χ3n) is 8.56. The summed E-state index contributed by atoms with van der Waals surface area (Å²) in [6.07, 6.45) is 48.7. The molecule has 0 aromatic heterocycles. The Morgan fingerprint density at radius 3 is 0.553 bits per heavy atom. The third-order valence-corrected chi connectivity index (χ3v) is 11.7. The molecule has 0 spiro atoms. The molecule has 0 fully saturated rings. The summed E-state index contributed by atoms with van der Waals surface area (Å²) in [7, 11) is 0. The molecule has 0 aliphatic carbocycles. The first-order valence-corrected chi connectivity index (χ1v) is 30.8. The maximum Gasteiger partial charge on any atom is -0.160 e.